The van der Waals surface area contributed by atoms with E-state index < -0.39 is 0 Å². The Kier molecular flexibility index (Phi) is 6.49. The Morgan fingerprint density at radius 3 is 2.59 bits per heavy atom. The van der Waals surface area contributed by atoms with Crippen LogP contribution < -0.4 is 9.62 Å². The van der Waals surface area contributed by atoms with E-state index in [0.717, 1.165) is 60.2 Å². The summed E-state index contributed by atoms with van der Waals surface area (Å²) in [6.45, 7) is 9.29. The van der Waals surface area contributed by atoms with E-state index in [4.69, 9.17) is 4.74 Å². The maximum absolute atomic E-state index is 5.46. The zero-order valence-corrected chi connectivity index (χ0v) is 17.8. The van der Waals surface area contributed by atoms with E-state index in [2.05, 4.69) is 46.8 Å². The summed E-state index contributed by atoms with van der Waals surface area (Å²) in [7, 11) is 0. The topological polar surface area (TPSA) is 66.4 Å². The zero-order chi connectivity index (χ0) is 20.1. The van der Waals surface area contributed by atoms with Crippen LogP contribution in [0, 0.1) is 25.7 Å². The minimum atomic E-state index is 0.710. The van der Waals surface area contributed by atoms with Crippen molar-refractivity contribution in [3.05, 3.63) is 41.1 Å². The van der Waals surface area contributed by atoms with E-state index in [1.807, 2.05) is 20.0 Å². The van der Waals surface area contributed by atoms with Crippen molar-refractivity contribution in [1.82, 2.24) is 19.3 Å². The van der Waals surface area contributed by atoms with Gasteiger partial charge in [-0.3, -0.25) is 4.98 Å². The van der Waals surface area contributed by atoms with Gasteiger partial charge in [0.1, 0.15) is 12.1 Å². The fraction of sp³-hybridized carbons (Fsp3) is 0.476. The highest BCUT2D eigenvalue weighted by Crippen LogP contribution is 2.24. The first-order chi connectivity index (χ1) is 14.2. The number of ether oxygens (including phenoxy) is 1. The lowest BCUT2D eigenvalue weighted by Gasteiger charge is -2.28. The molecule has 0 bridgehead atoms. The second-order valence-corrected chi connectivity index (χ2v) is 8.10. The number of hydrogen-bond donors (Lipinski definition) is 1. The summed E-state index contributed by atoms with van der Waals surface area (Å²) in [5, 5.41) is 0. The molecule has 2 saturated heterocycles. The van der Waals surface area contributed by atoms with Crippen molar-refractivity contribution in [3.8, 4) is 11.8 Å². The molecule has 2 aromatic rings. The molecule has 29 heavy (non-hydrogen) atoms. The molecule has 2 aliphatic heterocycles. The summed E-state index contributed by atoms with van der Waals surface area (Å²) >= 11 is 1.65. The molecule has 0 saturated carbocycles. The van der Waals surface area contributed by atoms with Crippen LogP contribution in [0.25, 0.3) is 0 Å². The van der Waals surface area contributed by atoms with Crippen LogP contribution in [0.15, 0.2) is 18.6 Å². The molecular weight excluding hydrogens is 384 g/mol. The molecule has 4 rings (SSSR count). The van der Waals surface area contributed by atoms with Crippen molar-refractivity contribution in [2.24, 2.45) is 0 Å². The van der Waals surface area contributed by atoms with Crippen LogP contribution in [0.2, 0.25) is 0 Å². The van der Waals surface area contributed by atoms with E-state index in [9.17, 15) is 0 Å². The molecule has 2 aromatic heterocycles. The maximum Gasteiger partial charge on any atom is 0.148 e. The molecular formula is C21H26N6OS. The average molecular weight is 411 g/mol. The quantitative estimate of drug-likeness (QED) is 0.610. The third-order valence-corrected chi connectivity index (χ3v) is 6.03. The molecule has 0 amide bonds. The minimum absolute atomic E-state index is 0.710. The van der Waals surface area contributed by atoms with Crippen molar-refractivity contribution >= 4 is 23.6 Å². The van der Waals surface area contributed by atoms with E-state index >= 15 is 0 Å². The van der Waals surface area contributed by atoms with Gasteiger partial charge >= 0.3 is 0 Å². The molecule has 1 N–H and O–H groups in total. The molecule has 0 spiro atoms. The fourth-order valence-corrected chi connectivity index (χ4v) is 4.23. The van der Waals surface area contributed by atoms with Gasteiger partial charge in [0.05, 0.1) is 35.9 Å². The summed E-state index contributed by atoms with van der Waals surface area (Å²) < 4.78 is 11.2. The highest BCUT2D eigenvalue weighted by atomic mass is 32.2. The largest absolute Gasteiger partial charge is 0.378 e. The van der Waals surface area contributed by atoms with Crippen molar-refractivity contribution in [2.75, 3.05) is 49.0 Å². The second kappa shape index (κ2) is 9.44. The number of anilines is 2. The lowest BCUT2D eigenvalue weighted by atomic mass is 10.1. The SMILES string of the molecule is Cc1ncc(C#Cc2c(C)ncnc2N2CCOCC2)cc1NSN1CCCC1. The van der Waals surface area contributed by atoms with Gasteiger partial charge in [-0.1, -0.05) is 11.8 Å². The summed E-state index contributed by atoms with van der Waals surface area (Å²) in [5.74, 6) is 7.45. The summed E-state index contributed by atoms with van der Waals surface area (Å²) in [6.07, 6.45) is 5.96. The first-order valence-electron chi connectivity index (χ1n) is 10.0. The lowest BCUT2D eigenvalue weighted by molar-refractivity contribution is 0.122. The first kappa shape index (κ1) is 20.0. The van der Waals surface area contributed by atoms with Gasteiger partial charge in [0.25, 0.3) is 0 Å². The Morgan fingerprint density at radius 1 is 1.00 bits per heavy atom. The molecule has 0 atom stereocenters. The molecule has 2 fully saturated rings. The average Bonchev–Trinajstić information content (AvgIpc) is 3.27. The zero-order valence-electron chi connectivity index (χ0n) is 16.9. The van der Waals surface area contributed by atoms with Gasteiger partial charge in [0.2, 0.25) is 0 Å². The van der Waals surface area contributed by atoms with Crippen molar-refractivity contribution in [2.45, 2.75) is 26.7 Å². The third-order valence-electron chi connectivity index (χ3n) is 5.10. The number of nitrogens with one attached hydrogen (secondary N) is 1. The van der Waals surface area contributed by atoms with Crippen LogP contribution in [0.3, 0.4) is 0 Å². The van der Waals surface area contributed by atoms with Crippen molar-refractivity contribution in [1.29, 1.82) is 0 Å². The smallest absolute Gasteiger partial charge is 0.148 e. The Morgan fingerprint density at radius 2 is 1.79 bits per heavy atom. The van der Waals surface area contributed by atoms with Crippen molar-refractivity contribution in [3.63, 3.8) is 0 Å². The van der Waals surface area contributed by atoms with Crippen LogP contribution in [0.1, 0.15) is 35.4 Å². The van der Waals surface area contributed by atoms with E-state index in [0.29, 0.717) is 13.2 Å². The molecule has 4 heterocycles. The predicted octanol–water partition coefficient (Wildman–Crippen LogP) is 2.80. The normalized spacial score (nSPS) is 17.1. The maximum atomic E-state index is 5.46. The summed E-state index contributed by atoms with van der Waals surface area (Å²) in [6, 6.07) is 2.06. The second-order valence-electron chi connectivity index (χ2n) is 7.19. The Labute approximate surface area is 176 Å². The number of nitrogens with zero attached hydrogens (tertiary/aromatic N) is 5. The van der Waals surface area contributed by atoms with Gasteiger partial charge < -0.3 is 14.4 Å². The van der Waals surface area contributed by atoms with Gasteiger partial charge in [-0.25, -0.2) is 14.3 Å². The van der Waals surface area contributed by atoms with Gasteiger partial charge in [0.15, 0.2) is 0 Å². The molecule has 7 nitrogen and oxygen atoms in total. The minimum Gasteiger partial charge on any atom is -0.378 e. The van der Waals surface area contributed by atoms with Crippen LogP contribution >= 0.6 is 12.1 Å². The molecule has 0 aromatic carbocycles. The number of morpholine rings is 1. The van der Waals surface area contributed by atoms with Gasteiger partial charge in [-0.15, -0.1) is 0 Å². The van der Waals surface area contributed by atoms with E-state index in [1.54, 1.807) is 18.5 Å². The van der Waals surface area contributed by atoms with Gasteiger partial charge in [-0.05, 0) is 32.8 Å². The number of aryl methyl sites for hydroxylation is 2. The van der Waals surface area contributed by atoms with Gasteiger partial charge in [0, 0.05) is 50.1 Å². The highest BCUT2D eigenvalue weighted by molar-refractivity contribution is 7.98. The van der Waals surface area contributed by atoms with Crippen LogP contribution in [0.4, 0.5) is 11.5 Å². The molecule has 152 valence electrons. The monoisotopic (exact) mass is 410 g/mol. The van der Waals surface area contributed by atoms with E-state index in [-0.39, 0.29) is 0 Å². The predicted molar refractivity (Wildman–Crippen MR) is 117 cm³/mol. The number of hydrogen-bond acceptors (Lipinski definition) is 8. The number of pyridine rings is 1. The molecule has 8 heteroatoms. The summed E-state index contributed by atoms with van der Waals surface area (Å²) in [5.41, 5.74) is 4.60. The standard InChI is InChI=1S/C21H26N6OS/c1-16-19(21(24-15-23-16)26-9-11-28-12-10-26)6-5-18-13-20(17(2)22-14-18)25-29-27-7-3-4-8-27/h13-15,25H,3-4,7-12H2,1-2H3. The van der Waals surface area contributed by atoms with Crippen LogP contribution in [-0.4, -0.2) is 58.6 Å². The van der Waals surface area contributed by atoms with Gasteiger partial charge in [-0.2, -0.15) is 0 Å². The van der Waals surface area contributed by atoms with Crippen LogP contribution in [-0.2, 0) is 4.74 Å². The number of rotatable bonds is 4. The lowest BCUT2D eigenvalue weighted by Crippen LogP contribution is -2.37. The molecule has 0 aliphatic carbocycles. The Hall–Kier alpha value is -2.34. The number of aromatic nitrogens is 3. The Bertz CT molecular complexity index is 913. The third kappa shape index (κ3) is 4.99. The van der Waals surface area contributed by atoms with Crippen LogP contribution in [0.5, 0.6) is 0 Å². The molecule has 0 unspecified atom stereocenters. The molecule has 2 aliphatic rings. The molecule has 0 radical (unpaired) electrons. The highest BCUT2D eigenvalue weighted by Gasteiger charge is 2.17. The Balaban J connectivity index is 1.55. The summed E-state index contributed by atoms with van der Waals surface area (Å²) in [4.78, 5) is 15.6. The first-order valence-corrected chi connectivity index (χ1v) is 10.8. The van der Waals surface area contributed by atoms with E-state index in [1.165, 1.54) is 12.8 Å². The van der Waals surface area contributed by atoms with Crippen molar-refractivity contribution < 1.29 is 4.74 Å². The fourth-order valence-electron chi connectivity index (χ4n) is 3.35.